The summed E-state index contributed by atoms with van der Waals surface area (Å²) < 4.78 is 5.48. The quantitative estimate of drug-likeness (QED) is 0.818. The molecule has 0 aliphatic carbocycles. The van der Waals surface area contributed by atoms with Crippen molar-refractivity contribution in [2.24, 2.45) is 0 Å². The Morgan fingerprint density at radius 2 is 2.28 bits per heavy atom. The van der Waals surface area contributed by atoms with E-state index in [-0.39, 0.29) is 0 Å². The van der Waals surface area contributed by atoms with Gasteiger partial charge in [-0.2, -0.15) is 0 Å². The molecule has 0 unspecified atom stereocenters. The average molecular weight is 262 g/mol. The van der Waals surface area contributed by atoms with Crippen LogP contribution in [-0.4, -0.2) is 11.6 Å². The van der Waals surface area contributed by atoms with Crippen LogP contribution in [0.25, 0.3) is 10.9 Å². The fraction of sp³-hybridized carbons (Fsp3) is 0.400. The molecule has 0 fully saturated rings. The first-order valence-electron chi connectivity index (χ1n) is 6.47. The number of aryl methyl sites for hydroxylation is 1. The summed E-state index contributed by atoms with van der Waals surface area (Å²) in [5.74, 6) is 0. The maximum atomic E-state index is 6.51. The molecule has 0 saturated heterocycles. The molecule has 1 aromatic heterocycles. The Morgan fingerprint density at radius 1 is 1.39 bits per heavy atom. The summed E-state index contributed by atoms with van der Waals surface area (Å²) in [6.07, 6.45) is 3.09. The van der Waals surface area contributed by atoms with E-state index in [1.165, 1.54) is 5.56 Å². The third kappa shape index (κ3) is 2.00. The van der Waals surface area contributed by atoms with Gasteiger partial charge in [-0.1, -0.05) is 31.0 Å². The standard InChI is InChI=1S/C15H16ClNO/c1-2-3-10-4-5-13-11(8-10)15(16)12-9-18-7-6-14(12)17-13/h4-5,8H,2-3,6-7,9H2,1H3. The van der Waals surface area contributed by atoms with Gasteiger partial charge in [0, 0.05) is 17.4 Å². The molecule has 0 spiro atoms. The summed E-state index contributed by atoms with van der Waals surface area (Å²) in [6, 6.07) is 6.41. The van der Waals surface area contributed by atoms with Crippen molar-refractivity contribution in [3.05, 3.63) is 40.0 Å². The molecule has 1 aliphatic rings. The van der Waals surface area contributed by atoms with Crippen molar-refractivity contribution in [1.82, 2.24) is 4.98 Å². The number of rotatable bonds is 2. The zero-order chi connectivity index (χ0) is 12.5. The van der Waals surface area contributed by atoms with Crippen molar-refractivity contribution in [3.8, 4) is 0 Å². The van der Waals surface area contributed by atoms with Crippen LogP contribution >= 0.6 is 11.6 Å². The monoisotopic (exact) mass is 261 g/mol. The summed E-state index contributed by atoms with van der Waals surface area (Å²) in [7, 11) is 0. The van der Waals surface area contributed by atoms with Gasteiger partial charge in [0.05, 0.1) is 29.4 Å². The lowest BCUT2D eigenvalue weighted by molar-refractivity contribution is 0.109. The van der Waals surface area contributed by atoms with Crippen molar-refractivity contribution in [2.75, 3.05) is 6.61 Å². The number of halogens is 1. The van der Waals surface area contributed by atoms with Crippen LogP contribution in [0.2, 0.25) is 5.02 Å². The van der Waals surface area contributed by atoms with Gasteiger partial charge in [0.2, 0.25) is 0 Å². The fourth-order valence-electron chi connectivity index (χ4n) is 2.50. The largest absolute Gasteiger partial charge is 0.376 e. The molecule has 0 radical (unpaired) electrons. The van der Waals surface area contributed by atoms with Gasteiger partial charge in [-0.15, -0.1) is 0 Å². The van der Waals surface area contributed by atoms with E-state index in [0.29, 0.717) is 6.61 Å². The molecule has 3 rings (SSSR count). The lowest BCUT2D eigenvalue weighted by Crippen LogP contribution is -2.12. The molecule has 1 aromatic carbocycles. The number of nitrogens with zero attached hydrogens (tertiary/aromatic N) is 1. The minimum atomic E-state index is 0.592. The van der Waals surface area contributed by atoms with E-state index in [2.05, 4.69) is 25.1 Å². The maximum absolute atomic E-state index is 6.51. The molecular formula is C15H16ClNO. The van der Waals surface area contributed by atoms with E-state index in [0.717, 1.165) is 53.1 Å². The highest BCUT2D eigenvalue weighted by Gasteiger charge is 2.17. The van der Waals surface area contributed by atoms with Crippen LogP contribution in [0.15, 0.2) is 18.2 Å². The highest BCUT2D eigenvalue weighted by molar-refractivity contribution is 6.36. The van der Waals surface area contributed by atoms with Gasteiger partial charge in [0.15, 0.2) is 0 Å². The van der Waals surface area contributed by atoms with Gasteiger partial charge in [-0.3, -0.25) is 4.98 Å². The van der Waals surface area contributed by atoms with Crippen molar-refractivity contribution in [2.45, 2.75) is 32.8 Å². The van der Waals surface area contributed by atoms with Gasteiger partial charge < -0.3 is 4.74 Å². The third-order valence-electron chi connectivity index (χ3n) is 3.43. The minimum Gasteiger partial charge on any atom is -0.376 e. The first-order valence-corrected chi connectivity index (χ1v) is 6.85. The van der Waals surface area contributed by atoms with Crippen molar-refractivity contribution in [1.29, 1.82) is 0 Å². The Morgan fingerprint density at radius 3 is 3.11 bits per heavy atom. The Labute approximate surface area is 112 Å². The van der Waals surface area contributed by atoms with Gasteiger partial charge in [-0.25, -0.2) is 0 Å². The number of ether oxygens (including phenoxy) is 1. The lowest BCUT2D eigenvalue weighted by atomic mass is 10.0. The second-order valence-electron chi connectivity index (χ2n) is 4.76. The van der Waals surface area contributed by atoms with E-state index < -0.39 is 0 Å². The second kappa shape index (κ2) is 4.87. The first-order chi connectivity index (χ1) is 8.79. The van der Waals surface area contributed by atoms with Crippen molar-refractivity contribution >= 4 is 22.5 Å². The second-order valence-corrected chi connectivity index (χ2v) is 5.13. The topological polar surface area (TPSA) is 22.1 Å². The smallest absolute Gasteiger partial charge is 0.0749 e. The van der Waals surface area contributed by atoms with Crippen LogP contribution in [0.3, 0.4) is 0 Å². The molecule has 0 bridgehead atoms. The number of hydrogen-bond donors (Lipinski definition) is 0. The maximum Gasteiger partial charge on any atom is 0.0749 e. The van der Waals surface area contributed by atoms with Crippen molar-refractivity contribution < 1.29 is 4.74 Å². The van der Waals surface area contributed by atoms with Crippen LogP contribution in [-0.2, 0) is 24.2 Å². The summed E-state index contributed by atoms with van der Waals surface area (Å²) in [4.78, 5) is 4.71. The van der Waals surface area contributed by atoms with Crippen LogP contribution < -0.4 is 0 Å². The predicted molar refractivity (Wildman–Crippen MR) is 74.1 cm³/mol. The van der Waals surface area contributed by atoms with E-state index >= 15 is 0 Å². The first kappa shape index (κ1) is 11.9. The Balaban J connectivity index is 2.19. The molecule has 0 amide bonds. The van der Waals surface area contributed by atoms with E-state index in [1.807, 2.05) is 0 Å². The normalized spacial score (nSPS) is 14.8. The molecule has 0 atom stereocenters. The Hall–Kier alpha value is -1.12. The Bertz CT molecular complexity index is 595. The molecule has 18 heavy (non-hydrogen) atoms. The number of benzene rings is 1. The molecule has 1 aliphatic heterocycles. The molecule has 94 valence electrons. The van der Waals surface area contributed by atoms with Crippen molar-refractivity contribution in [3.63, 3.8) is 0 Å². The van der Waals surface area contributed by atoms with Crippen LogP contribution in [0.5, 0.6) is 0 Å². The molecule has 0 N–H and O–H groups in total. The summed E-state index contributed by atoms with van der Waals surface area (Å²) in [5.41, 5.74) is 4.50. The number of aromatic nitrogens is 1. The molecule has 2 heterocycles. The zero-order valence-electron chi connectivity index (χ0n) is 10.5. The average Bonchev–Trinajstić information content (AvgIpc) is 2.40. The number of fused-ring (bicyclic) bond motifs is 2. The summed E-state index contributed by atoms with van der Waals surface area (Å²) in [5, 5.41) is 1.89. The summed E-state index contributed by atoms with van der Waals surface area (Å²) >= 11 is 6.51. The predicted octanol–water partition coefficient (Wildman–Crippen LogP) is 3.91. The van der Waals surface area contributed by atoms with E-state index in [9.17, 15) is 0 Å². The molecule has 0 saturated carbocycles. The minimum absolute atomic E-state index is 0.592. The third-order valence-corrected chi connectivity index (χ3v) is 3.87. The van der Waals surface area contributed by atoms with Crippen LogP contribution in [0.4, 0.5) is 0 Å². The molecule has 2 aromatic rings. The molecule has 2 nitrogen and oxygen atoms in total. The van der Waals surface area contributed by atoms with E-state index in [1.54, 1.807) is 0 Å². The van der Waals surface area contributed by atoms with E-state index in [4.69, 9.17) is 21.3 Å². The summed E-state index contributed by atoms with van der Waals surface area (Å²) in [6.45, 7) is 3.52. The number of hydrogen-bond acceptors (Lipinski definition) is 2. The van der Waals surface area contributed by atoms with Gasteiger partial charge in [-0.05, 0) is 24.1 Å². The highest BCUT2D eigenvalue weighted by Crippen LogP contribution is 2.31. The Kier molecular flexibility index (Phi) is 3.23. The molecular weight excluding hydrogens is 246 g/mol. The van der Waals surface area contributed by atoms with Crippen LogP contribution in [0, 0.1) is 0 Å². The van der Waals surface area contributed by atoms with Gasteiger partial charge in [0.1, 0.15) is 0 Å². The lowest BCUT2D eigenvalue weighted by Gasteiger charge is -2.18. The molecule has 3 heteroatoms. The number of pyridine rings is 1. The van der Waals surface area contributed by atoms with Gasteiger partial charge >= 0.3 is 0 Å². The highest BCUT2D eigenvalue weighted by atomic mass is 35.5. The SMILES string of the molecule is CCCc1ccc2nc3c(c(Cl)c2c1)COCC3. The fourth-order valence-corrected chi connectivity index (χ4v) is 2.81. The van der Waals surface area contributed by atoms with Gasteiger partial charge in [0.25, 0.3) is 0 Å². The zero-order valence-corrected chi connectivity index (χ0v) is 11.3. The van der Waals surface area contributed by atoms with Crippen LogP contribution in [0.1, 0.15) is 30.2 Å².